The fourth-order valence-electron chi connectivity index (χ4n) is 3.11. The molecule has 1 aliphatic rings. The van der Waals surface area contributed by atoms with Gasteiger partial charge in [-0.25, -0.2) is 0 Å². The maximum Gasteiger partial charge on any atom is 0.289 e. The highest BCUT2D eigenvalue weighted by Crippen LogP contribution is 2.22. The van der Waals surface area contributed by atoms with Gasteiger partial charge in [-0.3, -0.25) is 4.79 Å². The second-order valence-electron chi connectivity index (χ2n) is 6.39. The first kappa shape index (κ1) is 17.5. The number of piperidine rings is 1. The van der Waals surface area contributed by atoms with Crippen molar-refractivity contribution in [1.82, 2.24) is 15.4 Å². The van der Waals surface area contributed by atoms with Gasteiger partial charge in [0.1, 0.15) is 11.4 Å². The smallest absolute Gasteiger partial charge is 0.289 e. The molecule has 0 aliphatic carbocycles. The van der Waals surface area contributed by atoms with Crippen LogP contribution in [0.2, 0.25) is 0 Å². The Morgan fingerprint density at radius 3 is 2.68 bits per heavy atom. The molecule has 1 fully saturated rings. The second-order valence-corrected chi connectivity index (χ2v) is 6.39. The molecule has 0 radical (unpaired) electrons. The quantitative estimate of drug-likeness (QED) is 0.873. The number of likely N-dealkylation sites (tertiary alicyclic amines) is 1. The molecule has 1 aromatic heterocycles. The number of hydrogen-bond acceptors (Lipinski definition) is 5. The van der Waals surface area contributed by atoms with Crippen LogP contribution in [0, 0.1) is 5.92 Å². The van der Waals surface area contributed by atoms with Gasteiger partial charge in [0, 0.05) is 18.2 Å². The minimum absolute atomic E-state index is 0.204. The van der Waals surface area contributed by atoms with Crippen LogP contribution in [0.4, 0.5) is 0 Å². The summed E-state index contributed by atoms with van der Waals surface area (Å²) < 4.78 is 10.4. The summed E-state index contributed by atoms with van der Waals surface area (Å²) in [6, 6.07) is 9.16. The lowest BCUT2D eigenvalue weighted by Crippen LogP contribution is -2.38. The number of nitrogens with one attached hydrogen (secondary N) is 1. The number of methoxy groups -OCH3 is 1. The monoisotopic (exact) mass is 343 g/mol. The van der Waals surface area contributed by atoms with Crippen LogP contribution in [0.5, 0.6) is 5.75 Å². The van der Waals surface area contributed by atoms with Crippen molar-refractivity contribution in [3.63, 3.8) is 0 Å². The molecule has 0 unspecified atom stereocenters. The van der Waals surface area contributed by atoms with E-state index < -0.39 is 0 Å². The zero-order valence-corrected chi connectivity index (χ0v) is 14.8. The number of amides is 1. The molecule has 6 nitrogen and oxygen atoms in total. The summed E-state index contributed by atoms with van der Waals surface area (Å²) in [5.41, 5.74) is 1.53. The summed E-state index contributed by atoms with van der Waals surface area (Å²) in [4.78, 5) is 14.7. The average molecular weight is 343 g/mol. The lowest BCUT2D eigenvalue weighted by Gasteiger charge is -2.30. The number of aromatic nitrogens is 1. The lowest BCUT2D eigenvalue weighted by molar-refractivity contribution is 0.0900. The molecule has 1 amide bonds. The van der Waals surface area contributed by atoms with Crippen LogP contribution in [-0.4, -0.2) is 49.3 Å². The van der Waals surface area contributed by atoms with Crippen LogP contribution in [0.15, 0.2) is 34.9 Å². The third-order valence-electron chi connectivity index (χ3n) is 4.83. The van der Waals surface area contributed by atoms with Crippen molar-refractivity contribution < 1.29 is 14.1 Å². The summed E-state index contributed by atoms with van der Waals surface area (Å²) in [7, 11) is 1.62. The summed E-state index contributed by atoms with van der Waals surface area (Å²) in [5, 5.41) is 6.97. The average Bonchev–Trinajstić information content (AvgIpc) is 3.17. The van der Waals surface area contributed by atoms with E-state index in [0.717, 1.165) is 43.8 Å². The van der Waals surface area contributed by atoms with Crippen LogP contribution in [0.25, 0.3) is 11.3 Å². The van der Waals surface area contributed by atoms with E-state index in [1.807, 2.05) is 24.3 Å². The van der Waals surface area contributed by atoms with Crippen LogP contribution in [-0.2, 0) is 0 Å². The van der Waals surface area contributed by atoms with Gasteiger partial charge < -0.3 is 19.5 Å². The lowest BCUT2D eigenvalue weighted by atomic mass is 9.97. The van der Waals surface area contributed by atoms with Crippen molar-refractivity contribution in [2.75, 3.05) is 33.3 Å². The molecule has 134 valence electrons. The first-order valence-electron chi connectivity index (χ1n) is 8.81. The number of benzene rings is 1. The van der Waals surface area contributed by atoms with Gasteiger partial charge in [0.2, 0.25) is 5.76 Å². The molecule has 1 saturated heterocycles. The van der Waals surface area contributed by atoms with Gasteiger partial charge in [0.15, 0.2) is 0 Å². The van der Waals surface area contributed by atoms with Crippen molar-refractivity contribution in [2.24, 2.45) is 5.92 Å². The van der Waals surface area contributed by atoms with E-state index in [1.54, 1.807) is 13.2 Å². The van der Waals surface area contributed by atoms with E-state index in [1.165, 1.54) is 0 Å². The topological polar surface area (TPSA) is 67.6 Å². The summed E-state index contributed by atoms with van der Waals surface area (Å²) in [5.74, 6) is 1.36. The molecule has 2 heterocycles. The molecule has 0 saturated carbocycles. The summed E-state index contributed by atoms with van der Waals surface area (Å²) in [6.07, 6.45) is 2.25. The Bertz CT molecular complexity index is 688. The van der Waals surface area contributed by atoms with E-state index in [0.29, 0.717) is 18.2 Å². The molecule has 1 aromatic carbocycles. The van der Waals surface area contributed by atoms with Gasteiger partial charge in [-0.05, 0) is 62.7 Å². The van der Waals surface area contributed by atoms with Crippen LogP contribution >= 0.6 is 0 Å². The Labute approximate surface area is 148 Å². The van der Waals surface area contributed by atoms with Crippen molar-refractivity contribution in [3.05, 3.63) is 36.1 Å². The highest BCUT2D eigenvalue weighted by atomic mass is 16.5. The molecule has 0 bridgehead atoms. The van der Waals surface area contributed by atoms with Crippen molar-refractivity contribution in [3.8, 4) is 17.0 Å². The third-order valence-corrected chi connectivity index (χ3v) is 4.83. The fourth-order valence-corrected chi connectivity index (χ4v) is 3.11. The maximum atomic E-state index is 12.3. The number of ether oxygens (including phenoxy) is 1. The Morgan fingerprint density at radius 2 is 2.04 bits per heavy atom. The van der Waals surface area contributed by atoms with E-state index >= 15 is 0 Å². The van der Waals surface area contributed by atoms with E-state index in [-0.39, 0.29) is 11.7 Å². The van der Waals surface area contributed by atoms with Crippen molar-refractivity contribution >= 4 is 5.91 Å². The van der Waals surface area contributed by atoms with Gasteiger partial charge >= 0.3 is 0 Å². The molecule has 1 N–H and O–H groups in total. The fraction of sp³-hybridized carbons (Fsp3) is 0.474. The standard InChI is InChI=1S/C19H25N3O3/c1-3-22-10-8-14(9-11-22)13-20-19(23)18-12-17(21-25-18)15-4-6-16(24-2)7-5-15/h4-7,12,14H,3,8-11,13H2,1-2H3,(H,20,23). The predicted molar refractivity (Wildman–Crippen MR) is 95.7 cm³/mol. The molecule has 3 rings (SSSR count). The van der Waals surface area contributed by atoms with Crippen LogP contribution in [0.1, 0.15) is 30.3 Å². The largest absolute Gasteiger partial charge is 0.497 e. The Hall–Kier alpha value is -2.34. The minimum Gasteiger partial charge on any atom is -0.497 e. The molecule has 25 heavy (non-hydrogen) atoms. The molecule has 0 atom stereocenters. The Morgan fingerprint density at radius 1 is 1.32 bits per heavy atom. The molecular formula is C19H25N3O3. The van der Waals surface area contributed by atoms with Gasteiger partial charge in [-0.15, -0.1) is 0 Å². The molecule has 0 spiro atoms. The van der Waals surface area contributed by atoms with Gasteiger partial charge in [-0.1, -0.05) is 12.1 Å². The predicted octanol–water partition coefficient (Wildman–Crippen LogP) is 2.81. The first-order valence-corrected chi connectivity index (χ1v) is 8.81. The van der Waals surface area contributed by atoms with E-state index in [9.17, 15) is 4.79 Å². The number of rotatable bonds is 6. The second kappa shape index (κ2) is 8.16. The number of hydrogen-bond donors (Lipinski definition) is 1. The number of carbonyl (C=O) groups excluding carboxylic acids is 1. The normalized spacial score (nSPS) is 15.9. The Kier molecular flexibility index (Phi) is 5.71. The highest BCUT2D eigenvalue weighted by molar-refractivity contribution is 5.92. The minimum atomic E-state index is -0.204. The van der Waals surface area contributed by atoms with Crippen molar-refractivity contribution in [2.45, 2.75) is 19.8 Å². The molecular weight excluding hydrogens is 318 g/mol. The molecule has 1 aliphatic heterocycles. The molecule has 2 aromatic rings. The van der Waals surface area contributed by atoms with E-state index in [4.69, 9.17) is 9.26 Å². The zero-order valence-electron chi connectivity index (χ0n) is 14.8. The van der Waals surface area contributed by atoms with Gasteiger partial charge in [0.25, 0.3) is 5.91 Å². The van der Waals surface area contributed by atoms with Crippen LogP contribution < -0.4 is 10.1 Å². The van der Waals surface area contributed by atoms with E-state index in [2.05, 4.69) is 22.3 Å². The van der Waals surface area contributed by atoms with Crippen LogP contribution in [0.3, 0.4) is 0 Å². The van der Waals surface area contributed by atoms with Gasteiger partial charge in [0.05, 0.1) is 7.11 Å². The Balaban J connectivity index is 1.53. The van der Waals surface area contributed by atoms with Gasteiger partial charge in [-0.2, -0.15) is 0 Å². The van der Waals surface area contributed by atoms with Crippen molar-refractivity contribution in [1.29, 1.82) is 0 Å². The number of nitrogens with zero attached hydrogens (tertiary/aromatic N) is 2. The summed E-state index contributed by atoms with van der Waals surface area (Å²) in [6.45, 7) is 6.20. The maximum absolute atomic E-state index is 12.3. The zero-order chi connectivity index (χ0) is 17.6. The molecule has 6 heteroatoms. The highest BCUT2D eigenvalue weighted by Gasteiger charge is 2.20. The summed E-state index contributed by atoms with van der Waals surface area (Å²) >= 11 is 0. The SMILES string of the molecule is CCN1CCC(CNC(=O)c2cc(-c3ccc(OC)cc3)no2)CC1. The first-order chi connectivity index (χ1) is 12.2. The number of carbonyl (C=O) groups is 1. The third kappa shape index (κ3) is 4.39.